The molecule has 1 aliphatic carbocycles. The molecule has 1 aromatic rings. The molecule has 1 saturated heterocycles. The van der Waals surface area contributed by atoms with Crippen LogP contribution in [0.5, 0.6) is 0 Å². The van der Waals surface area contributed by atoms with Gasteiger partial charge in [-0.2, -0.15) is 0 Å². The van der Waals surface area contributed by atoms with E-state index in [1.807, 2.05) is 0 Å². The molecule has 0 bridgehead atoms. The Morgan fingerprint density at radius 3 is 2.42 bits per heavy atom. The van der Waals surface area contributed by atoms with Crippen molar-refractivity contribution in [2.45, 2.75) is 6.54 Å². The summed E-state index contributed by atoms with van der Waals surface area (Å²) in [4.78, 5) is 35.9. The van der Waals surface area contributed by atoms with Crippen LogP contribution >= 0.6 is 11.6 Å². The van der Waals surface area contributed by atoms with E-state index in [0.717, 1.165) is 10.5 Å². The first-order valence-electron chi connectivity index (χ1n) is 5.83. The van der Waals surface area contributed by atoms with Crippen molar-refractivity contribution in [1.82, 2.24) is 4.90 Å². The van der Waals surface area contributed by atoms with Crippen molar-refractivity contribution >= 4 is 29.4 Å². The third kappa shape index (κ3) is 1.81. The molecule has 5 nitrogen and oxygen atoms in total. The fourth-order valence-corrected chi connectivity index (χ4v) is 2.89. The van der Waals surface area contributed by atoms with Crippen LogP contribution in [0.2, 0.25) is 5.02 Å². The van der Waals surface area contributed by atoms with E-state index >= 15 is 0 Å². The number of carbonyl (C=O) groups is 3. The second kappa shape index (κ2) is 4.06. The predicted molar refractivity (Wildman–Crippen MR) is 65.1 cm³/mol. The van der Waals surface area contributed by atoms with Gasteiger partial charge in [-0.1, -0.05) is 23.7 Å². The molecule has 2 unspecified atom stereocenters. The lowest BCUT2D eigenvalue weighted by Crippen LogP contribution is -2.35. The van der Waals surface area contributed by atoms with Gasteiger partial charge in [-0.25, -0.2) is 0 Å². The summed E-state index contributed by atoms with van der Waals surface area (Å²) in [6.07, 6.45) is 0. The van der Waals surface area contributed by atoms with Crippen molar-refractivity contribution in [2.75, 3.05) is 0 Å². The van der Waals surface area contributed by atoms with E-state index in [4.69, 9.17) is 16.7 Å². The quantitative estimate of drug-likeness (QED) is 0.843. The molecule has 2 atom stereocenters. The Bertz CT molecular complexity index is 578. The Morgan fingerprint density at radius 1 is 1.26 bits per heavy atom. The molecule has 6 heteroatoms. The largest absolute Gasteiger partial charge is 0.481 e. The van der Waals surface area contributed by atoms with Crippen molar-refractivity contribution in [3.8, 4) is 0 Å². The van der Waals surface area contributed by atoms with E-state index in [-0.39, 0.29) is 18.4 Å². The highest BCUT2D eigenvalue weighted by molar-refractivity contribution is 6.30. The number of halogens is 1. The van der Waals surface area contributed by atoms with Crippen LogP contribution in [-0.2, 0) is 20.9 Å². The first kappa shape index (κ1) is 12.2. The number of hydrogen-bond acceptors (Lipinski definition) is 3. The molecular weight excluding hydrogens is 270 g/mol. The average Bonchev–Trinajstić information content (AvgIpc) is 3.04. The van der Waals surface area contributed by atoms with Gasteiger partial charge in [0.2, 0.25) is 11.8 Å². The molecule has 98 valence electrons. The summed E-state index contributed by atoms with van der Waals surface area (Å²) in [5, 5.41) is 9.40. The summed E-state index contributed by atoms with van der Waals surface area (Å²) in [7, 11) is 0. The second-order valence-electron chi connectivity index (χ2n) is 4.81. The molecule has 19 heavy (non-hydrogen) atoms. The SMILES string of the molecule is O=C(O)C1C2C(=O)N(Cc3cccc(Cl)c3)C(=O)C12. The highest BCUT2D eigenvalue weighted by Crippen LogP contribution is 2.53. The lowest BCUT2D eigenvalue weighted by atomic mass is 10.2. The normalized spacial score (nSPS) is 28.5. The monoisotopic (exact) mass is 279 g/mol. The number of likely N-dealkylation sites (tertiary alicyclic amines) is 1. The van der Waals surface area contributed by atoms with Gasteiger partial charge < -0.3 is 5.11 Å². The van der Waals surface area contributed by atoms with Crippen molar-refractivity contribution in [3.05, 3.63) is 34.9 Å². The van der Waals surface area contributed by atoms with Gasteiger partial charge in [0.15, 0.2) is 0 Å². The Hall–Kier alpha value is -1.88. The molecule has 0 spiro atoms. The number of carboxylic acids is 1. The van der Waals surface area contributed by atoms with Gasteiger partial charge in [0.05, 0.1) is 24.3 Å². The van der Waals surface area contributed by atoms with Crippen LogP contribution in [0.3, 0.4) is 0 Å². The molecule has 2 fully saturated rings. The summed E-state index contributed by atoms with van der Waals surface area (Å²) >= 11 is 5.84. The number of piperidine rings is 1. The third-order valence-electron chi connectivity index (χ3n) is 3.64. The number of amides is 2. The van der Waals surface area contributed by atoms with Crippen LogP contribution in [0.15, 0.2) is 24.3 Å². The van der Waals surface area contributed by atoms with Crippen molar-refractivity contribution in [3.63, 3.8) is 0 Å². The smallest absolute Gasteiger partial charge is 0.308 e. The minimum absolute atomic E-state index is 0.150. The molecule has 3 rings (SSSR count). The number of aliphatic carboxylic acids is 1. The van der Waals surface area contributed by atoms with Crippen LogP contribution < -0.4 is 0 Å². The minimum Gasteiger partial charge on any atom is -0.481 e. The van der Waals surface area contributed by atoms with Crippen LogP contribution in [-0.4, -0.2) is 27.8 Å². The number of fused-ring (bicyclic) bond motifs is 1. The van der Waals surface area contributed by atoms with E-state index in [0.29, 0.717) is 5.02 Å². The number of carboxylic acid groups (broad SMARTS) is 1. The van der Waals surface area contributed by atoms with Crippen LogP contribution in [0.25, 0.3) is 0 Å². The highest BCUT2D eigenvalue weighted by Gasteiger charge is 2.70. The number of carbonyl (C=O) groups excluding carboxylic acids is 2. The molecule has 2 aliphatic rings. The van der Waals surface area contributed by atoms with Crippen molar-refractivity contribution in [1.29, 1.82) is 0 Å². The summed E-state index contributed by atoms with van der Waals surface area (Å²) < 4.78 is 0. The fourth-order valence-electron chi connectivity index (χ4n) is 2.67. The molecule has 1 aromatic carbocycles. The lowest BCUT2D eigenvalue weighted by molar-refractivity contribution is -0.149. The Kier molecular flexibility index (Phi) is 2.60. The first-order chi connectivity index (χ1) is 9.00. The van der Waals surface area contributed by atoms with Crippen molar-refractivity contribution < 1.29 is 19.5 Å². The standard InChI is InChI=1S/C13H10ClNO4/c14-7-3-1-2-6(4-7)5-15-11(16)8-9(12(15)17)10(8)13(18)19/h1-4,8-10H,5H2,(H,18,19). The fraction of sp³-hybridized carbons (Fsp3) is 0.308. The summed E-state index contributed by atoms with van der Waals surface area (Å²) in [6, 6.07) is 6.89. The zero-order chi connectivity index (χ0) is 13.7. The molecule has 0 radical (unpaired) electrons. The van der Waals surface area contributed by atoms with E-state index in [1.54, 1.807) is 24.3 Å². The molecular formula is C13H10ClNO4. The minimum atomic E-state index is -1.07. The Labute approximate surface area is 113 Å². The molecule has 1 saturated carbocycles. The van der Waals surface area contributed by atoms with E-state index < -0.39 is 23.7 Å². The number of hydrogen-bond donors (Lipinski definition) is 1. The van der Waals surface area contributed by atoms with Gasteiger partial charge in [-0.05, 0) is 17.7 Å². The summed E-state index contributed by atoms with van der Waals surface area (Å²) in [5.41, 5.74) is 0.752. The summed E-state index contributed by atoms with van der Waals surface area (Å²) in [5.74, 6) is -3.99. The maximum Gasteiger partial charge on any atom is 0.308 e. The number of nitrogens with zero attached hydrogens (tertiary/aromatic N) is 1. The third-order valence-corrected chi connectivity index (χ3v) is 3.87. The zero-order valence-corrected chi connectivity index (χ0v) is 10.5. The van der Waals surface area contributed by atoms with E-state index in [2.05, 4.69) is 0 Å². The summed E-state index contributed by atoms with van der Waals surface area (Å²) in [6.45, 7) is 0.150. The van der Waals surface area contributed by atoms with Crippen LogP contribution in [0.1, 0.15) is 5.56 Å². The molecule has 1 heterocycles. The maximum absolute atomic E-state index is 12.0. The van der Waals surface area contributed by atoms with Gasteiger partial charge in [-0.15, -0.1) is 0 Å². The first-order valence-corrected chi connectivity index (χ1v) is 6.21. The van der Waals surface area contributed by atoms with Gasteiger partial charge in [0, 0.05) is 5.02 Å². The van der Waals surface area contributed by atoms with E-state index in [1.165, 1.54) is 0 Å². The van der Waals surface area contributed by atoms with Crippen LogP contribution in [0.4, 0.5) is 0 Å². The van der Waals surface area contributed by atoms with Gasteiger partial charge >= 0.3 is 5.97 Å². The highest BCUT2D eigenvalue weighted by atomic mass is 35.5. The van der Waals surface area contributed by atoms with Gasteiger partial charge in [0.1, 0.15) is 0 Å². The number of imide groups is 1. The van der Waals surface area contributed by atoms with E-state index in [9.17, 15) is 14.4 Å². The topological polar surface area (TPSA) is 74.7 Å². The lowest BCUT2D eigenvalue weighted by Gasteiger charge is -2.17. The molecule has 0 aromatic heterocycles. The molecule has 1 aliphatic heterocycles. The zero-order valence-electron chi connectivity index (χ0n) is 9.75. The Balaban J connectivity index is 1.77. The van der Waals surface area contributed by atoms with Gasteiger partial charge in [0.25, 0.3) is 0 Å². The molecule has 2 amide bonds. The Morgan fingerprint density at radius 2 is 1.89 bits per heavy atom. The number of rotatable bonds is 3. The average molecular weight is 280 g/mol. The predicted octanol–water partition coefficient (Wildman–Crippen LogP) is 1.16. The second-order valence-corrected chi connectivity index (χ2v) is 5.24. The van der Waals surface area contributed by atoms with Gasteiger partial charge in [-0.3, -0.25) is 19.3 Å². The van der Waals surface area contributed by atoms with Crippen molar-refractivity contribution in [2.24, 2.45) is 17.8 Å². The number of benzene rings is 1. The maximum atomic E-state index is 12.0. The molecule has 1 N–H and O–H groups in total. The van der Waals surface area contributed by atoms with Crippen LogP contribution in [0, 0.1) is 17.8 Å².